The Bertz CT molecular complexity index is 2450. The molecule has 0 aliphatic carbocycles. The van der Waals surface area contributed by atoms with Gasteiger partial charge < -0.3 is 18.9 Å². The Kier molecular flexibility index (Phi) is 5.97. The van der Waals surface area contributed by atoms with E-state index in [1.807, 2.05) is 0 Å². The summed E-state index contributed by atoms with van der Waals surface area (Å²) in [6.45, 7) is 1.76. The topological polar surface area (TPSA) is 16.3 Å². The number of fused-ring (bicyclic) bond motifs is 7. The molecule has 0 saturated carbocycles. The summed E-state index contributed by atoms with van der Waals surface area (Å²) in [6.07, 6.45) is 0. The lowest BCUT2D eigenvalue weighted by atomic mass is 10.1. The van der Waals surface area contributed by atoms with Crippen LogP contribution in [0.15, 0.2) is 170 Å². The van der Waals surface area contributed by atoms with Gasteiger partial charge in [0.1, 0.15) is 0 Å². The molecule has 0 bridgehead atoms. The Hall–Kier alpha value is -6.26. The number of rotatable bonds is 4. The lowest BCUT2D eigenvalue weighted by molar-refractivity contribution is 0.851. The molecule has 7 aromatic carbocycles. The Morgan fingerprint density at radius 1 is 0.292 bits per heavy atom. The number of aromatic nitrogens is 2. The molecule has 228 valence electrons. The molecule has 10 rings (SSSR count). The molecule has 0 spiro atoms. The van der Waals surface area contributed by atoms with Crippen molar-refractivity contribution < 1.29 is 0 Å². The van der Waals surface area contributed by atoms with E-state index in [1.54, 1.807) is 0 Å². The first-order valence-electron chi connectivity index (χ1n) is 16.6. The van der Waals surface area contributed by atoms with E-state index in [2.05, 4.69) is 189 Å². The van der Waals surface area contributed by atoms with Gasteiger partial charge in [0.25, 0.3) is 0 Å². The van der Waals surface area contributed by atoms with E-state index in [9.17, 15) is 0 Å². The summed E-state index contributed by atoms with van der Waals surface area (Å²) < 4.78 is 4.76. The largest absolute Gasteiger partial charge is 0.338 e. The zero-order valence-electron chi connectivity index (χ0n) is 26.4. The van der Waals surface area contributed by atoms with Gasteiger partial charge in [-0.15, -0.1) is 0 Å². The van der Waals surface area contributed by atoms with Gasteiger partial charge in [-0.25, -0.2) is 0 Å². The lowest BCUT2D eigenvalue weighted by Gasteiger charge is -2.39. The van der Waals surface area contributed by atoms with Crippen LogP contribution < -0.4 is 9.80 Å². The third-order valence-corrected chi connectivity index (χ3v) is 9.97. The Labute approximate surface area is 278 Å². The van der Waals surface area contributed by atoms with E-state index in [0.29, 0.717) is 0 Å². The minimum Gasteiger partial charge on any atom is -0.338 e. The molecule has 1 aliphatic rings. The number of hydrogen-bond donors (Lipinski definition) is 0. The van der Waals surface area contributed by atoms with Gasteiger partial charge in [-0.05, 0) is 84.9 Å². The van der Waals surface area contributed by atoms with Crippen molar-refractivity contribution in [3.05, 3.63) is 170 Å². The highest BCUT2D eigenvalue weighted by Crippen LogP contribution is 2.44. The predicted molar refractivity (Wildman–Crippen MR) is 202 cm³/mol. The number of nitrogens with zero attached hydrogens (tertiary/aromatic N) is 4. The van der Waals surface area contributed by atoms with Crippen LogP contribution in [0.2, 0.25) is 0 Å². The molecule has 0 amide bonds. The van der Waals surface area contributed by atoms with Crippen molar-refractivity contribution in [1.82, 2.24) is 9.13 Å². The third-order valence-electron chi connectivity index (χ3n) is 9.97. The maximum atomic E-state index is 2.49. The SMILES string of the molecule is c1ccc(-n2c3ccccc3c3cc(N4CCN(c5ccc6c(c5)c5ccccc5n6-c5ccccc5)c5ccccc54)ccc32)cc1. The smallest absolute Gasteiger partial charge is 0.0652 e. The van der Waals surface area contributed by atoms with E-state index in [0.717, 1.165) is 13.1 Å². The van der Waals surface area contributed by atoms with Crippen molar-refractivity contribution in [3.8, 4) is 11.4 Å². The normalized spacial score (nSPS) is 13.2. The molecular formula is C44H32N4. The highest BCUT2D eigenvalue weighted by molar-refractivity contribution is 6.12. The van der Waals surface area contributed by atoms with Gasteiger partial charge in [-0.3, -0.25) is 0 Å². The number of para-hydroxylation sites is 6. The van der Waals surface area contributed by atoms with E-state index >= 15 is 0 Å². The molecular weight excluding hydrogens is 585 g/mol. The lowest BCUT2D eigenvalue weighted by Crippen LogP contribution is -2.36. The average molecular weight is 617 g/mol. The summed E-state index contributed by atoms with van der Waals surface area (Å²) in [5.41, 5.74) is 12.1. The van der Waals surface area contributed by atoms with Gasteiger partial charge in [0.15, 0.2) is 0 Å². The van der Waals surface area contributed by atoms with Gasteiger partial charge >= 0.3 is 0 Å². The zero-order chi connectivity index (χ0) is 31.6. The minimum atomic E-state index is 0.879. The molecule has 2 aromatic heterocycles. The molecule has 0 atom stereocenters. The van der Waals surface area contributed by atoms with Gasteiger partial charge in [0, 0.05) is 57.4 Å². The third kappa shape index (κ3) is 4.02. The van der Waals surface area contributed by atoms with E-state index in [1.165, 1.54) is 77.7 Å². The highest BCUT2D eigenvalue weighted by atomic mass is 15.3. The molecule has 1 aliphatic heterocycles. The molecule has 0 radical (unpaired) electrons. The van der Waals surface area contributed by atoms with Crippen LogP contribution in [0, 0.1) is 0 Å². The Balaban J connectivity index is 1.08. The van der Waals surface area contributed by atoms with Gasteiger partial charge in [-0.2, -0.15) is 0 Å². The van der Waals surface area contributed by atoms with Crippen molar-refractivity contribution in [2.24, 2.45) is 0 Å². The summed E-state index contributed by atoms with van der Waals surface area (Å²) >= 11 is 0. The molecule has 0 N–H and O–H groups in total. The number of benzene rings is 7. The molecule has 0 unspecified atom stereocenters. The van der Waals surface area contributed by atoms with Crippen LogP contribution in [0.1, 0.15) is 0 Å². The standard InChI is InChI=1S/C44H32N4/c1-3-13-31(14-4-1)47-39-19-9-7-17-35(39)37-29-33(23-25-41(37)47)45-27-28-46(44-22-12-11-21-43(44)45)34-24-26-42-38(30-34)36-18-8-10-20-40(36)48(42)32-15-5-2-6-16-32/h1-26,29-30H,27-28H2. The fourth-order valence-electron chi connectivity index (χ4n) is 7.87. The molecule has 4 heteroatoms. The second kappa shape index (κ2) is 10.6. The summed E-state index contributed by atoms with van der Waals surface area (Å²) in [4.78, 5) is 4.97. The van der Waals surface area contributed by atoms with Crippen LogP contribution in [0.25, 0.3) is 55.0 Å². The van der Waals surface area contributed by atoms with Crippen molar-refractivity contribution in [2.75, 3.05) is 22.9 Å². The van der Waals surface area contributed by atoms with Gasteiger partial charge in [0.2, 0.25) is 0 Å². The molecule has 0 fully saturated rings. The Morgan fingerprint density at radius 3 is 1.12 bits per heavy atom. The summed E-state index contributed by atoms with van der Waals surface area (Å²) in [6, 6.07) is 61.6. The monoisotopic (exact) mass is 616 g/mol. The van der Waals surface area contributed by atoms with Gasteiger partial charge in [-0.1, -0.05) is 84.9 Å². The van der Waals surface area contributed by atoms with Crippen LogP contribution in [0.5, 0.6) is 0 Å². The summed E-state index contributed by atoms with van der Waals surface area (Å²) in [5.74, 6) is 0. The van der Waals surface area contributed by atoms with Crippen LogP contribution in [0.4, 0.5) is 22.7 Å². The van der Waals surface area contributed by atoms with E-state index < -0.39 is 0 Å². The van der Waals surface area contributed by atoms with E-state index in [4.69, 9.17) is 0 Å². The zero-order valence-corrected chi connectivity index (χ0v) is 26.4. The first-order chi connectivity index (χ1) is 23.8. The fourth-order valence-corrected chi connectivity index (χ4v) is 7.87. The molecule has 3 heterocycles. The molecule has 9 aromatic rings. The Morgan fingerprint density at radius 2 is 0.667 bits per heavy atom. The predicted octanol–water partition coefficient (Wildman–Crippen LogP) is 11.2. The fraction of sp³-hybridized carbons (Fsp3) is 0.0455. The second-order valence-electron chi connectivity index (χ2n) is 12.6. The van der Waals surface area contributed by atoms with E-state index in [-0.39, 0.29) is 0 Å². The molecule has 0 saturated heterocycles. The maximum Gasteiger partial charge on any atom is 0.0652 e. The first kappa shape index (κ1) is 26.9. The number of hydrogen-bond acceptors (Lipinski definition) is 2. The van der Waals surface area contributed by atoms with Crippen molar-refractivity contribution in [1.29, 1.82) is 0 Å². The quantitative estimate of drug-likeness (QED) is 0.196. The average Bonchev–Trinajstić information content (AvgIpc) is 3.67. The molecule has 48 heavy (non-hydrogen) atoms. The van der Waals surface area contributed by atoms with Crippen molar-refractivity contribution in [2.45, 2.75) is 0 Å². The van der Waals surface area contributed by atoms with Crippen LogP contribution in [0.3, 0.4) is 0 Å². The van der Waals surface area contributed by atoms with Crippen molar-refractivity contribution in [3.63, 3.8) is 0 Å². The molecule has 4 nitrogen and oxygen atoms in total. The van der Waals surface area contributed by atoms with Gasteiger partial charge in [0.05, 0.1) is 33.4 Å². The van der Waals surface area contributed by atoms with Crippen molar-refractivity contribution >= 4 is 66.4 Å². The maximum absolute atomic E-state index is 2.49. The minimum absolute atomic E-state index is 0.879. The summed E-state index contributed by atoms with van der Waals surface area (Å²) in [7, 11) is 0. The summed E-state index contributed by atoms with van der Waals surface area (Å²) in [5, 5.41) is 5.08. The first-order valence-corrected chi connectivity index (χ1v) is 16.6. The second-order valence-corrected chi connectivity index (χ2v) is 12.6. The van der Waals surface area contributed by atoms with Crippen LogP contribution >= 0.6 is 0 Å². The highest BCUT2D eigenvalue weighted by Gasteiger charge is 2.26. The van der Waals surface area contributed by atoms with Crippen LogP contribution in [-0.2, 0) is 0 Å². The number of anilines is 4. The van der Waals surface area contributed by atoms with Crippen LogP contribution in [-0.4, -0.2) is 22.2 Å².